The number of amides is 1. The van der Waals surface area contributed by atoms with Crippen molar-refractivity contribution in [1.29, 1.82) is 5.26 Å². The smallest absolute Gasteiger partial charge is 0.246 e. The van der Waals surface area contributed by atoms with Crippen LogP contribution in [-0.2, 0) is 14.9 Å². The molecule has 4 aliphatic heterocycles. The van der Waals surface area contributed by atoms with Crippen LogP contribution in [0.4, 0.5) is 10.1 Å². The Morgan fingerprint density at radius 3 is 2.85 bits per heavy atom. The SMILES string of the molecule is C=CC(=O)N1CCN(C2NC(OC[C@H]3CCCN3C)NC3C[C@@]4(CCC32)CN(C)c2cccc(F)c24)C[C@H]1CC#N. The molecule has 0 radical (unpaired) electrons. The van der Waals surface area contributed by atoms with Crippen molar-refractivity contribution in [3.8, 4) is 6.07 Å². The summed E-state index contributed by atoms with van der Waals surface area (Å²) in [5, 5.41) is 17.1. The molecule has 41 heavy (non-hydrogen) atoms. The number of hydrogen-bond donors (Lipinski definition) is 2. The van der Waals surface area contributed by atoms with Crippen molar-refractivity contribution >= 4 is 11.6 Å². The third-order valence-corrected chi connectivity index (χ3v) is 10.5. The van der Waals surface area contributed by atoms with Gasteiger partial charge in [0.2, 0.25) is 5.91 Å². The van der Waals surface area contributed by atoms with E-state index in [4.69, 9.17) is 4.74 Å². The number of carbonyl (C=O) groups is 1. The summed E-state index contributed by atoms with van der Waals surface area (Å²) < 4.78 is 21.9. The van der Waals surface area contributed by atoms with E-state index in [-0.39, 0.29) is 48.2 Å². The van der Waals surface area contributed by atoms with E-state index in [0.717, 1.165) is 50.0 Å². The number of nitrogens with zero attached hydrogens (tertiary/aromatic N) is 5. The standard InChI is InChI=1S/C31H44FN7O2/c1-4-27(40)39-16-15-38(18-21(39)11-13-33)29-23-10-12-31(20-37(3)26-9-5-8-24(32)28(26)31)17-25(23)34-30(35-29)41-19-22-7-6-14-36(22)2/h4-5,8-9,21-23,25,29-30,34-35H,1,6-7,10-12,14-20H2,2-3H3/t21-,22-,23?,25?,29?,30?,31+/m1/s1. The van der Waals surface area contributed by atoms with Crippen LogP contribution in [0, 0.1) is 23.1 Å². The molecule has 222 valence electrons. The highest BCUT2D eigenvalue weighted by Gasteiger charge is 2.53. The fraction of sp³-hybridized carbons (Fsp3) is 0.677. The van der Waals surface area contributed by atoms with Gasteiger partial charge in [-0.2, -0.15) is 5.26 Å². The van der Waals surface area contributed by atoms with E-state index in [2.05, 4.69) is 52.1 Å². The lowest BCUT2D eigenvalue weighted by molar-refractivity contribution is -0.136. The first-order valence-corrected chi connectivity index (χ1v) is 15.2. The van der Waals surface area contributed by atoms with Crippen LogP contribution in [0.25, 0.3) is 0 Å². The van der Waals surface area contributed by atoms with E-state index in [1.807, 2.05) is 12.1 Å². The predicted molar refractivity (Wildman–Crippen MR) is 155 cm³/mol. The Bertz CT molecular complexity index is 1190. The number of benzene rings is 1. The lowest BCUT2D eigenvalue weighted by Crippen LogP contribution is -2.73. The highest BCUT2D eigenvalue weighted by Crippen LogP contribution is 2.52. The van der Waals surface area contributed by atoms with Gasteiger partial charge >= 0.3 is 0 Å². The number of ether oxygens (including phenoxy) is 1. The second-order valence-electron chi connectivity index (χ2n) is 12.8. The molecule has 1 aromatic rings. The van der Waals surface area contributed by atoms with Crippen molar-refractivity contribution in [3.63, 3.8) is 0 Å². The van der Waals surface area contributed by atoms with Gasteiger partial charge in [0, 0.05) is 67.9 Å². The van der Waals surface area contributed by atoms with Crippen LogP contribution >= 0.6 is 0 Å². The van der Waals surface area contributed by atoms with Crippen LogP contribution in [0.3, 0.4) is 0 Å². The number of piperazine rings is 1. The number of carbonyl (C=O) groups excluding carboxylic acids is 1. The van der Waals surface area contributed by atoms with Gasteiger partial charge in [0.1, 0.15) is 5.82 Å². The fourth-order valence-corrected chi connectivity index (χ4v) is 8.43. The minimum atomic E-state index is -0.327. The Balaban J connectivity index is 1.25. The molecule has 4 unspecified atom stereocenters. The molecule has 6 rings (SSSR count). The third kappa shape index (κ3) is 5.28. The Morgan fingerprint density at radius 2 is 2.10 bits per heavy atom. The number of fused-ring (bicyclic) bond motifs is 3. The van der Waals surface area contributed by atoms with E-state index in [9.17, 15) is 10.1 Å². The number of halogens is 1. The molecule has 2 N–H and O–H groups in total. The predicted octanol–water partition coefficient (Wildman–Crippen LogP) is 2.21. The van der Waals surface area contributed by atoms with Crippen LogP contribution in [0.2, 0.25) is 0 Å². The molecule has 4 heterocycles. The normalized spacial score (nSPS) is 35.8. The minimum absolute atomic E-state index is 0.0336. The molecule has 5 aliphatic rings. The van der Waals surface area contributed by atoms with Gasteiger partial charge in [0.15, 0.2) is 6.35 Å². The quantitative estimate of drug-likeness (QED) is 0.508. The summed E-state index contributed by atoms with van der Waals surface area (Å²) in [6.45, 7) is 8.13. The summed E-state index contributed by atoms with van der Waals surface area (Å²) in [4.78, 5) is 21.3. The average molecular weight is 566 g/mol. The lowest BCUT2D eigenvalue weighted by atomic mass is 9.64. The number of rotatable bonds is 6. The Morgan fingerprint density at radius 1 is 1.24 bits per heavy atom. The maximum absolute atomic E-state index is 15.4. The van der Waals surface area contributed by atoms with Crippen LogP contribution in [0.15, 0.2) is 30.9 Å². The average Bonchev–Trinajstić information content (AvgIpc) is 3.51. The second-order valence-corrected chi connectivity index (χ2v) is 12.8. The Hall–Kier alpha value is -2.55. The van der Waals surface area contributed by atoms with Crippen LogP contribution in [-0.4, -0.2) is 105 Å². The van der Waals surface area contributed by atoms with E-state index in [0.29, 0.717) is 38.2 Å². The molecular weight excluding hydrogens is 521 g/mol. The fourth-order valence-electron chi connectivity index (χ4n) is 8.43. The molecule has 1 aromatic carbocycles. The molecule has 1 amide bonds. The second kappa shape index (κ2) is 11.6. The molecule has 1 spiro atoms. The molecular formula is C31H44FN7O2. The van der Waals surface area contributed by atoms with Crippen molar-refractivity contribution in [2.75, 3.05) is 58.3 Å². The zero-order valence-corrected chi connectivity index (χ0v) is 24.4. The zero-order valence-electron chi connectivity index (χ0n) is 24.4. The molecule has 3 saturated heterocycles. The molecule has 7 atom stereocenters. The Kier molecular flexibility index (Phi) is 8.09. The first kappa shape index (κ1) is 28.6. The molecule has 9 nitrogen and oxygen atoms in total. The van der Waals surface area contributed by atoms with Crippen molar-refractivity contribution < 1.29 is 13.9 Å². The van der Waals surface area contributed by atoms with Gasteiger partial charge in [-0.05, 0) is 63.9 Å². The number of nitriles is 1. The van der Waals surface area contributed by atoms with Crippen LogP contribution in [0.5, 0.6) is 0 Å². The van der Waals surface area contributed by atoms with Crippen LogP contribution < -0.4 is 15.5 Å². The lowest BCUT2D eigenvalue weighted by Gasteiger charge is -2.55. The van der Waals surface area contributed by atoms with E-state index >= 15 is 4.39 Å². The number of nitrogens with one attached hydrogen (secondary N) is 2. The zero-order chi connectivity index (χ0) is 28.7. The molecule has 1 saturated carbocycles. The first-order chi connectivity index (χ1) is 19.8. The topological polar surface area (TPSA) is 87.1 Å². The molecule has 10 heteroatoms. The number of likely N-dealkylation sites (N-methyl/N-ethyl adjacent to an activating group) is 2. The first-order valence-electron chi connectivity index (χ1n) is 15.2. The Labute approximate surface area is 243 Å². The van der Waals surface area contributed by atoms with Gasteiger partial charge in [-0.3, -0.25) is 20.3 Å². The van der Waals surface area contributed by atoms with E-state index < -0.39 is 0 Å². The van der Waals surface area contributed by atoms with Gasteiger partial charge < -0.3 is 19.4 Å². The van der Waals surface area contributed by atoms with Crippen molar-refractivity contribution in [1.82, 2.24) is 25.3 Å². The molecule has 0 aromatic heterocycles. The van der Waals surface area contributed by atoms with Gasteiger partial charge in [0.25, 0.3) is 0 Å². The summed E-state index contributed by atoms with van der Waals surface area (Å²) in [7, 11) is 4.23. The van der Waals surface area contributed by atoms with Crippen molar-refractivity contribution in [2.24, 2.45) is 5.92 Å². The van der Waals surface area contributed by atoms with Crippen LogP contribution in [0.1, 0.15) is 44.1 Å². The molecule has 0 bridgehead atoms. The van der Waals surface area contributed by atoms with Gasteiger partial charge in [-0.1, -0.05) is 12.6 Å². The number of anilines is 1. The van der Waals surface area contributed by atoms with Crippen molar-refractivity contribution in [2.45, 2.75) is 74.6 Å². The molecule has 1 aliphatic carbocycles. The van der Waals surface area contributed by atoms with Gasteiger partial charge in [0.05, 0.1) is 31.3 Å². The highest BCUT2D eigenvalue weighted by molar-refractivity contribution is 5.87. The van der Waals surface area contributed by atoms with E-state index in [1.165, 1.54) is 12.5 Å². The number of likely N-dealkylation sites (tertiary alicyclic amines) is 1. The monoisotopic (exact) mass is 565 g/mol. The highest BCUT2D eigenvalue weighted by atomic mass is 19.1. The van der Waals surface area contributed by atoms with Gasteiger partial charge in [-0.15, -0.1) is 0 Å². The molecule has 4 fully saturated rings. The van der Waals surface area contributed by atoms with Gasteiger partial charge in [-0.25, -0.2) is 4.39 Å². The summed E-state index contributed by atoms with van der Waals surface area (Å²) in [5.41, 5.74) is 1.64. The summed E-state index contributed by atoms with van der Waals surface area (Å²) >= 11 is 0. The van der Waals surface area contributed by atoms with Crippen molar-refractivity contribution in [3.05, 3.63) is 42.2 Å². The minimum Gasteiger partial charge on any atom is -0.373 e. The number of hydrogen-bond acceptors (Lipinski definition) is 8. The maximum atomic E-state index is 15.4. The summed E-state index contributed by atoms with van der Waals surface area (Å²) in [5.74, 6) is 0.0731. The van der Waals surface area contributed by atoms with E-state index in [1.54, 1.807) is 11.0 Å². The summed E-state index contributed by atoms with van der Waals surface area (Å²) in [6, 6.07) is 8.11. The third-order valence-electron chi connectivity index (χ3n) is 10.5. The largest absolute Gasteiger partial charge is 0.373 e. The summed E-state index contributed by atoms with van der Waals surface area (Å²) in [6.07, 6.45) is 6.38. The maximum Gasteiger partial charge on any atom is 0.246 e.